The van der Waals surface area contributed by atoms with Gasteiger partial charge in [-0.1, -0.05) is 50.3 Å². The fourth-order valence-electron chi connectivity index (χ4n) is 4.92. The van der Waals surface area contributed by atoms with Crippen molar-refractivity contribution in [2.45, 2.75) is 60.4 Å². The Balaban J connectivity index is 2.06. The lowest BCUT2D eigenvalue weighted by Crippen LogP contribution is -2.54. The van der Waals surface area contributed by atoms with Crippen LogP contribution in [0.1, 0.15) is 54.4 Å². The third-order valence-corrected chi connectivity index (χ3v) is 5.91. The quantitative estimate of drug-likeness (QED) is 0.547. The molecule has 2 nitrogen and oxygen atoms in total. The van der Waals surface area contributed by atoms with Crippen molar-refractivity contribution in [3.05, 3.63) is 23.8 Å². The van der Waals surface area contributed by atoms with Crippen LogP contribution in [0.4, 0.5) is 0 Å². The number of rotatable bonds is 3. The summed E-state index contributed by atoms with van der Waals surface area (Å²) in [5.74, 6) is 6.45. The topological polar surface area (TPSA) is 6.48 Å². The first-order valence-electron chi connectivity index (χ1n) is 9.73. The molecule has 1 saturated carbocycles. The summed E-state index contributed by atoms with van der Waals surface area (Å²) in [6, 6.07) is 0.644. The summed E-state index contributed by atoms with van der Waals surface area (Å²) in [7, 11) is 4.46. The molecule has 0 spiro atoms. The van der Waals surface area contributed by atoms with Crippen LogP contribution in [-0.4, -0.2) is 49.6 Å². The number of fused-ring (bicyclic) bond motifs is 1. The van der Waals surface area contributed by atoms with Gasteiger partial charge in [0.25, 0.3) is 0 Å². The predicted molar refractivity (Wildman–Crippen MR) is 109 cm³/mol. The minimum Gasteiger partial charge on any atom is -0.306 e. The molecule has 2 aliphatic rings. The second kappa shape index (κ2) is 7.29. The van der Waals surface area contributed by atoms with E-state index in [4.69, 9.17) is 0 Å². The number of allylic oxidation sites excluding steroid dienone is 1. The van der Waals surface area contributed by atoms with E-state index < -0.39 is 0 Å². The Morgan fingerprint density at radius 2 is 1.96 bits per heavy atom. The van der Waals surface area contributed by atoms with E-state index in [0.717, 1.165) is 13.1 Å². The molecule has 1 aliphatic carbocycles. The van der Waals surface area contributed by atoms with Crippen LogP contribution in [-0.2, 0) is 0 Å². The van der Waals surface area contributed by atoms with E-state index in [1.54, 1.807) is 5.57 Å². The molecule has 25 heavy (non-hydrogen) atoms. The van der Waals surface area contributed by atoms with Gasteiger partial charge in [0.15, 0.2) is 0 Å². The van der Waals surface area contributed by atoms with Gasteiger partial charge in [0.05, 0.1) is 0 Å². The van der Waals surface area contributed by atoms with Crippen LogP contribution >= 0.6 is 0 Å². The summed E-state index contributed by atoms with van der Waals surface area (Å²) in [6.07, 6.45) is 9.34. The fraction of sp³-hybridized carbons (Fsp3) is 0.739. The van der Waals surface area contributed by atoms with Crippen molar-refractivity contribution in [2.24, 2.45) is 16.2 Å². The lowest BCUT2D eigenvalue weighted by molar-refractivity contribution is 0.0525. The van der Waals surface area contributed by atoms with Gasteiger partial charge < -0.3 is 4.90 Å². The molecule has 1 heterocycles. The second-order valence-electron chi connectivity index (χ2n) is 10.0. The van der Waals surface area contributed by atoms with Gasteiger partial charge in [0.2, 0.25) is 0 Å². The first-order valence-corrected chi connectivity index (χ1v) is 9.73. The van der Waals surface area contributed by atoms with Crippen molar-refractivity contribution in [3.63, 3.8) is 0 Å². The number of nitrogens with zero attached hydrogens (tertiary/aromatic N) is 2. The highest BCUT2D eigenvalue weighted by Crippen LogP contribution is 2.53. The lowest BCUT2D eigenvalue weighted by Gasteiger charge is -2.55. The van der Waals surface area contributed by atoms with E-state index in [1.165, 1.54) is 19.4 Å². The molecular formula is C23H38N2. The molecular weight excluding hydrogens is 304 g/mol. The average molecular weight is 343 g/mol. The van der Waals surface area contributed by atoms with E-state index >= 15 is 0 Å². The normalized spacial score (nSPS) is 30.0. The summed E-state index contributed by atoms with van der Waals surface area (Å²) in [5, 5.41) is 0. The molecule has 0 unspecified atom stereocenters. The van der Waals surface area contributed by atoms with E-state index in [1.807, 2.05) is 6.08 Å². The largest absolute Gasteiger partial charge is 0.306 e. The van der Waals surface area contributed by atoms with E-state index in [9.17, 15) is 0 Å². The Hall–Kier alpha value is -1.04. The Morgan fingerprint density at radius 3 is 2.56 bits per heavy atom. The van der Waals surface area contributed by atoms with Gasteiger partial charge in [-0.3, -0.25) is 4.90 Å². The third-order valence-electron chi connectivity index (χ3n) is 5.91. The summed E-state index contributed by atoms with van der Waals surface area (Å²) < 4.78 is 0. The van der Waals surface area contributed by atoms with Crippen LogP contribution in [0.2, 0.25) is 0 Å². The van der Waals surface area contributed by atoms with Crippen LogP contribution in [0.15, 0.2) is 23.8 Å². The molecule has 1 aliphatic heterocycles. The summed E-state index contributed by atoms with van der Waals surface area (Å²) in [5.41, 5.74) is 2.34. The van der Waals surface area contributed by atoms with E-state index in [-0.39, 0.29) is 10.8 Å². The van der Waals surface area contributed by atoms with Gasteiger partial charge in [-0.15, -0.1) is 0 Å². The molecule has 1 fully saturated rings. The molecule has 0 amide bonds. The zero-order valence-corrected chi connectivity index (χ0v) is 17.7. The second-order valence-corrected chi connectivity index (χ2v) is 10.0. The maximum Gasteiger partial charge on any atom is 0.0233 e. The Kier molecular flexibility index (Phi) is 5.92. The molecule has 0 aromatic carbocycles. The summed E-state index contributed by atoms with van der Waals surface area (Å²) in [4.78, 5) is 4.98. The molecule has 0 radical (unpaired) electrons. The Bertz CT molecular complexity index is 592. The Labute approximate surface area is 156 Å². The average Bonchev–Trinajstić information content (AvgIpc) is 2.44. The highest BCUT2D eigenvalue weighted by Gasteiger charge is 2.49. The van der Waals surface area contributed by atoms with Crippen molar-refractivity contribution in [2.75, 3.05) is 33.7 Å². The van der Waals surface area contributed by atoms with Crippen LogP contribution in [0.25, 0.3) is 0 Å². The van der Waals surface area contributed by atoms with Gasteiger partial charge in [-0.05, 0) is 53.8 Å². The third kappa shape index (κ3) is 4.78. The summed E-state index contributed by atoms with van der Waals surface area (Å²) in [6.45, 7) is 17.0. The Morgan fingerprint density at radius 1 is 1.28 bits per heavy atom. The molecule has 0 aromatic heterocycles. The number of hydrogen-bond donors (Lipinski definition) is 0. The number of hydrogen-bond acceptors (Lipinski definition) is 2. The van der Waals surface area contributed by atoms with Crippen molar-refractivity contribution in [1.82, 2.24) is 9.80 Å². The van der Waals surface area contributed by atoms with Gasteiger partial charge in [0.1, 0.15) is 0 Å². The van der Waals surface area contributed by atoms with E-state index in [0.29, 0.717) is 11.5 Å². The highest BCUT2D eigenvalue weighted by molar-refractivity contribution is 5.30. The molecule has 0 aromatic rings. The first-order chi connectivity index (χ1) is 11.5. The van der Waals surface area contributed by atoms with Gasteiger partial charge in [0, 0.05) is 41.9 Å². The highest BCUT2D eigenvalue weighted by atomic mass is 15.1. The molecule has 140 valence electrons. The van der Waals surface area contributed by atoms with Crippen molar-refractivity contribution in [3.8, 4) is 11.8 Å². The maximum atomic E-state index is 3.27. The monoisotopic (exact) mass is 342 g/mol. The van der Waals surface area contributed by atoms with Crippen molar-refractivity contribution in [1.29, 1.82) is 0 Å². The van der Waals surface area contributed by atoms with Gasteiger partial charge >= 0.3 is 0 Å². The minimum atomic E-state index is 0.0806. The van der Waals surface area contributed by atoms with Gasteiger partial charge in [-0.25, -0.2) is 0 Å². The minimum absolute atomic E-state index is 0.0806. The van der Waals surface area contributed by atoms with Crippen LogP contribution in [0.3, 0.4) is 0 Å². The van der Waals surface area contributed by atoms with Gasteiger partial charge in [-0.2, -0.15) is 0 Å². The van der Waals surface area contributed by atoms with Crippen LogP contribution < -0.4 is 0 Å². The van der Waals surface area contributed by atoms with Crippen molar-refractivity contribution < 1.29 is 0 Å². The molecule has 2 atom stereocenters. The molecule has 2 heteroatoms. The zero-order valence-electron chi connectivity index (χ0n) is 17.7. The standard InChI is InChI=1S/C23H38N2/c1-21(2,3)14-10-9-11-16-25-17-13-19-22(4,5)20(24(7)8)12-15-23(19,6)18-25/h9,11,13,20H,12,15-18H2,1-8H3/b11-9+/t20-,23+/m0/s1. The maximum absolute atomic E-state index is 3.27. The van der Waals surface area contributed by atoms with E-state index in [2.05, 4.69) is 89.4 Å². The molecule has 0 N–H and O–H groups in total. The molecule has 0 bridgehead atoms. The smallest absolute Gasteiger partial charge is 0.0233 e. The lowest BCUT2D eigenvalue weighted by atomic mass is 9.57. The van der Waals surface area contributed by atoms with Crippen LogP contribution in [0, 0.1) is 28.1 Å². The zero-order chi connectivity index (χ0) is 18.9. The predicted octanol–water partition coefficient (Wildman–Crippen LogP) is 4.59. The molecule has 2 rings (SSSR count). The SMILES string of the molecule is CN(C)[C@H]1CC[C@]2(C)CN(C/C=C/C#CC(C)(C)C)CC=C2C1(C)C. The molecule has 0 saturated heterocycles. The van der Waals surface area contributed by atoms with Crippen molar-refractivity contribution >= 4 is 0 Å². The summed E-state index contributed by atoms with van der Waals surface area (Å²) >= 11 is 0. The van der Waals surface area contributed by atoms with Crippen LogP contribution in [0.5, 0.6) is 0 Å². The fourth-order valence-corrected chi connectivity index (χ4v) is 4.92. The first kappa shape index (κ1) is 20.3.